The molecule has 2 aromatic carbocycles. The third kappa shape index (κ3) is 2.62. The van der Waals surface area contributed by atoms with Crippen LogP contribution in [-0.2, 0) is 0 Å². The van der Waals surface area contributed by atoms with E-state index in [1.165, 1.54) is 24.3 Å². The molecule has 1 N–H and O–H groups in total. The maximum Gasteiger partial charge on any atom is 0.147 e. The van der Waals surface area contributed by atoms with Crippen molar-refractivity contribution >= 4 is 11.6 Å². The third-order valence-electron chi connectivity index (χ3n) is 3.05. The molecule has 1 atom stereocenters. The number of halogens is 3. The molecule has 0 fully saturated rings. The average Bonchev–Trinajstić information content (AvgIpc) is 2.38. The van der Waals surface area contributed by atoms with Crippen molar-refractivity contribution in [2.45, 2.75) is 20.0 Å². The van der Waals surface area contributed by atoms with Gasteiger partial charge in [-0.2, -0.15) is 0 Å². The molecule has 19 heavy (non-hydrogen) atoms. The van der Waals surface area contributed by atoms with E-state index in [1.807, 2.05) is 0 Å². The van der Waals surface area contributed by atoms with Crippen molar-refractivity contribution < 1.29 is 13.9 Å². The maximum absolute atomic E-state index is 13.9. The van der Waals surface area contributed by atoms with Gasteiger partial charge >= 0.3 is 0 Å². The molecule has 0 bridgehead atoms. The van der Waals surface area contributed by atoms with E-state index in [2.05, 4.69) is 0 Å². The minimum Gasteiger partial charge on any atom is -0.384 e. The van der Waals surface area contributed by atoms with Gasteiger partial charge in [0.15, 0.2) is 0 Å². The predicted octanol–water partition coefficient (Wildman–Crippen LogP) is 4.32. The number of rotatable bonds is 2. The first-order valence-corrected chi connectivity index (χ1v) is 6.18. The smallest absolute Gasteiger partial charge is 0.147 e. The average molecular weight is 283 g/mol. The van der Waals surface area contributed by atoms with Crippen LogP contribution in [0.2, 0.25) is 5.02 Å². The standard InChI is InChI=1S/C15H13ClF2O/c1-8-6-10(7-9(2)13(8)17)15(19)11-4-3-5-12(16)14(11)18/h3-7,15,19H,1-2H3. The molecule has 1 unspecified atom stereocenters. The van der Waals surface area contributed by atoms with Crippen molar-refractivity contribution in [2.75, 3.05) is 0 Å². The van der Waals surface area contributed by atoms with Gasteiger partial charge in [-0.05, 0) is 36.6 Å². The molecule has 0 spiro atoms. The van der Waals surface area contributed by atoms with Crippen molar-refractivity contribution in [1.29, 1.82) is 0 Å². The Hall–Kier alpha value is -1.45. The lowest BCUT2D eigenvalue weighted by Gasteiger charge is -2.15. The Balaban J connectivity index is 2.50. The molecule has 0 aliphatic rings. The monoisotopic (exact) mass is 282 g/mol. The molecule has 0 saturated heterocycles. The molecular formula is C15H13ClF2O. The molecule has 2 rings (SSSR count). The Labute approximate surface area is 115 Å². The second-order valence-corrected chi connectivity index (χ2v) is 4.92. The summed E-state index contributed by atoms with van der Waals surface area (Å²) in [4.78, 5) is 0. The lowest BCUT2D eigenvalue weighted by Crippen LogP contribution is -2.05. The molecule has 0 aliphatic heterocycles. The van der Waals surface area contributed by atoms with Crippen LogP contribution in [-0.4, -0.2) is 5.11 Å². The minimum atomic E-state index is -1.17. The van der Waals surface area contributed by atoms with Gasteiger partial charge in [0.2, 0.25) is 0 Å². The quantitative estimate of drug-likeness (QED) is 0.870. The molecule has 2 aromatic rings. The van der Waals surface area contributed by atoms with Gasteiger partial charge in [-0.1, -0.05) is 35.9 Å². The van der Waals surface area contributed by atoms with Crippen molar-refractivity contribution in [2.24, 2.45) is 0 Å². The fourth-order valence-electron chi connectivity index (χ4n) is 2.05. The van der Waals surface area contributed by atoms with Gasteiger partial charge in [0.05, 0.1) is 5.02 Å². The summed E-state index contributed by atoms with van der Waals surface area (Å²) in [6.07, 6.45) is -1.17. The Kier molecular flexibility index (Phi) is 3.88. The van der Waals surface area contributed by atoms with Gasteiger partial charge in [-0.15, -0.1) is 0 Å². The molecule has 100 valence electrons. The van der Waals surface area contributed by atoms with Gasteiger partial charge in [0.1, 0.15) is 17.7 Å². The molecule has 0 aliphatic carbocycles. The van der Waals surface area contributed by atoms with Crippen LogP contribution in [0.3, 0.4) is 0 Å². The van der Waals surface area contributed by atoms with Crippen LogP contribution in [0.15, 0.2) is 30.3 Å². The van der Waals surface area contributed by atoms with Gasteiger partial charge < -0.3 is 5.11 Å². The van der Waals surface area contributed by atoms with Crippen LogP contribution >= 0.6 is 11.6 Å². The summed E-state index contributed by atoms with van der Waals surface area (Å²) >= 11 is 5.69. The molecule has 1 nitrogen and oxygen atoms in total. The van der Waals surface area contributed by atoms with E-state index in [0.29, 0.717) is 16.7 Å². The second-order valence-electron chi connectivity index (χ2n) is 4.51. The van der Waals surface area contributed by atoms with E-state index in [0.717, 1.165) is 0 Å². The molecule has 0 heterocycles. The molecule has 0 radical (unpaired) electrons. The highest BCUT2D eigenvalue weighted by molar-refractivity contribution is 6.30. The van der Waals surface area contributed by atoms with Crippen molar-refractivity contribution in [3.05, 3.63) is 69.2 Å². The summed E-state index contributed by atoms with van der Waals surface area (Å²) in [6, 6.07) is 7.45. The molecule has 0 amide bonds. The van der Waals surface area contributed by atoms with E-state index in [1.54, 1.807) is 19.9 Å². The highest BCUT2D eigenvalue weighted by Crippen LogP contribution is 2.29. The first kappa shape index (κ1) is 14.0. The Morgan fingerprint density at radius 1 is 1.05 bits per heavy atom. The van der Waals surface area contributed by atoms with Crippen molar-refractivity contribution in [1.82, 2.24) is 0 Å². The minimum absolute atomic E-state index is 0.0490. The van der Waals surface area contributed by atoms with E-state index >= 15 is 0 Å². The SMILES string of the molecule is Cc1cc(C(O)c2cccc(Cl)c2F)cc(C)c1F. The summed E-state index contributed by atoms with van der Waals surface area (Å²) in [5, 5.41) is 10.2. The molecular weight excluding hydrogens is 270 g/mol. The van der Waals surface area contributed by atoms with E-state index in [9.17, 15) is 13.9 Å². The third-order valence-corrected chi connectivity index (χ3v) is 3.34. The summed E-state index contributed by atoms with van der Waals surface area (Å²) in [7, 11) is 0. The van der Waals surface area contributed by atoms with Crippen LogP contribution in [0.1, 0.15) is 28.4 Å². The lowest BCUT2D eigenvalue weighted by molar-refractivity contribution is 0.214. The van der Waals surface area contributed by atoms with E-state index < -0.39 is 11.9 Å². The van der Waals surface area contributed by atoms with Gasteiger partial charge in [-0.3, -0.25) is 0 Å². The van der Waals surface area contributed by atoms with Crippen LogP contribution < -0.4 is 0 Å². The molecule has 0 aromatic heterocycles. The highest BCUT2D eigenvalue weighted by Gasteiger charge is 2.18. The summed E-state index contributed by atoms with van der Waals surface area (Å²) in [6.45, 7) is 3.21. The number of benzene rings is 2. The number of aryl methyl sites for hydroxylation is 2. The van der Waals surface area contributed by atoms with Crippen LogP contribution in [0, 0.1) is 25.5 Å². The zero-order chi connectivity index (χ0) is 14.2. The van der Waals surface area contributed by atoms with Crippen LogP contribution in [0.5, 0.6) is 0 Å². The summed E-state index contributed by atoms with van der Waals surface area (Å²) in [5.74, 6) is -0.973. The number of aliphatic hydroxyl groups excluding tert-OH is 1. The number of aliphatic hydroxyl groups is 1. The van der Waals surface area contributed by atoms with Crippen molar-refractivity contribution in [3.63, 3.8) is 0 Å². The van der Waals surface area contributed by atoms with E-state index in [4.69, 9.17) is 11.6 Å². The Morgan fingerprint density at radius 2 is 1.63 bits per heavy atom. The first-order chi connectivity index (χ1) is 8.91. The zero-order valence-electron chi connectivity index (χ0n) is 10.5. The van der Waals surface area contributed by atoms with Gasteiger partial charge in [-0.25, -0.2) is 8.78 Å². The highest BCUT2D eigenvalue weighted by atomic mass is 35.5. The predicted molar refractivity (Wildman–Crippen MR) is 71.3 cm³/mol. The maximum atomic E-state index is 13.9. The van der Waals surface area contributed by atoms with Crippen LogP contribution in [0.25, 0.3) is 0 Å². The number of hydrogen-bond donors (Lipinski definition) is 1. The van der Waals surface area contributed by atoms with Gasteiger partial charge in [0, 0.05) is 5.56 Å². The second kappa shape index (κ2) is 5.27. The van der Waals surface area contributed by atoms with Crippen molar-refractivity contribution in [3.8, 4) is 0 Å². The largest absolute Gasteiger partial charge is 0.384 e. The van der Waals surface area contributed by atoms with Gasteiger partial charge in [0.25, 0.3) is 0 Å². The zero-order valence-corrected chi connectivity index (χ0v) is 11.3. The Bertz CT molecular complexity index is 603. The summed E-state index contributed by atoms with van der Waals surface area (Å²) < 4.78 is 27.4. The first-order valence-electron chi connectivity index (χ1n) is 5.80. The number of hydrogen-bond acceptors (Lipinski definition) is 1. The fourth-order valence-corrected chi connectivity index (χ4v) is 2.23. The van der Waals surface area contributed by atoms with E-state index in [-0.39, 0.29) is 16.4 Å². The topological polar surface area (TPSA) is 20.2 Å². The molecule has 0 saturated carbocycles. The Morgan fingerprint density at radius 3 is 2.21 bits per heavy atom. The lowest BCUT2D eigenvalue weighted by atomic mass is 9.97. The fraction of sp³-hybridized carbons (Fsp3) is 0.200. The summed E-state index contributed by atoms with van der Waals surface area (Å²) in [5.41, 5.74) is 1.35. The normalized spacial score (nSPS) is 12.5. The molecule has 4 heteroatoms. The van der Waals surface area contributed by atoms with Crippen LogP contribution in [0.4, 0.5) is 8.78 Å².